The van der Waals surface area contributed by atoms with E-state index in [-0.39, 0.29) is 40.1 Å². The van der Waals surface area contributed by atoms with Gasteiger partial charge in [0.2, 0.25) is 0 Å². The molecule has 13 nitrogen and oxygen atoms in total. The lowest BCUT2D eigenvalue weighted by Crippen LogP contribution is -2.37. The lowest BCUT2D eigenvalue weighted by Gasteiger charge is -2.13. The lowest BCUT2D eigenvalue weighted by molar-refractivity contribution is -0.143. The van der Waals surface area contributed by atoms with Gasteiger partial charge in [0, 0.05) is 24.1 Å². The van der Waals surface area contributed by atoms with Crippen LogP contribution in [0.4, 0.5) is 4.79 Å². The summed E-state index contributed by atoms with van der Waals surface area (Å²) in [6.45, 7) is -0.442. The van der Waals surface area contributed by atoms with Crippen LogP contribution in [0, 0.1) is 0 Å². The number of aryl methyl sites for hydroxylation is 1. The normalized spacial score (nSPS) is 14.1. The van der Waals surface area contributed by atoms with E-state index in [0.29, 0.717) is 32.9 Å². The molecule has 4 aromatic rings. The monoisotopic (exact) mass is 659 g/mol. The fourth-order valence-corrected chi connectivity index (χ4v) is 5.72. The SMILES string of the molecule is COC(=O)CN1C(=O)SC(=Cc2ccc(Oc3nc4c(c(=O)n(C)c(=O)n4C)n3Cc3ccc(Cl)cc3Cl)c(OC)c2)C1=O. The predicted molar refractivity (Wildman–Crippen MR) is 164 cm³/mol. The second-order valence-corrected chi connectivity index (χ2v) is 11.3. The van der Waals surface area contributed by atoms with Crippen molar-refractivity contribution in [3.05, 3.63) is 83.3 Å². The third kappa shape index (κ3) is 5.70. The Morgan fingerprint density at radius 3 is 2.43 bits per heavy atom. The first-order chi connectivity index (χ1) is 20.9. The summed E-state index contributed by atoms with van der Waals surface area (Å²) in [5.74, 6) is -0.924. The number of benzene rings is 2. The molecular weight excluding hydrogens is 637 g/mol. The molecule has 228 valence electrons. The summed E-state index contributed by atoms with van der Waals surface area (Å²) in [7, 11) is 5.42. The molecule has 1 fully saturated rings. The molecule has 1 saturated heterocycles. The number of fused-ring (bicyclic) bond motifs is 1. The van der Waals surface area contributed by atoms with Crippen molar-refractivity contribution < 1.29 is 28.6 Å². The third-order valence-corrected chi connectivity index (χ3v) is 8.23. The molecule has 1 aliphatic heterocycles. The zero-order valence-corrected chi connectivity index (χ0v) is 26.0. The van der Waals surface area contributed by atoms with E-state index in [4.69, 9.17) is 32.7 Å². The molecule has 0 bridgehead atoms. The first-order valence-corrected chi connectivity index (χ1v) is 14.3. The molecule has 2 amide bonds. The minimum Gasteiger partial charge on any atom is -0.493 e. The number of rotatable bonds is 8. The topological polar surface area (TPSA) is 144 Å². The highest BCUT2D eigenvalue weighted by Gasteiger charge is 2.36. The number of hydrogen-bond acceptors (Lipinski definition) is 10. The number of aromatic nitrogens is 4. The lowest BCUT2D eigenvalue weighted by atomic mass is 10.2. The summed E-state index contributed by atoms with van der Waals surface area (Å²) >= 11 is 13.2. The highest BCUT2D eigenvalue weighted by atomic mass is 35.5. The Bertz CT molecular complexity index is 2020. The van der Waals surface area contributed by atoms with Gasteiger partial charge in [-0.1, -0.05) is 35.3 Å². The van der Waals surface area contributed by atoms with Gasteiger partial charge in [-0.25, -0.2) is 4.79 Å². The molecule has 0 radical (unpaired) electrons. The molecule has 5 rings (SSSR count). The molecule has 0 unspecified atom stereocenters. The molecule has 0 atom stereocenters. The van der Waals surface area contributed by atoms with Gasteiger partial charge in [0.15, 0.2) is 22.7 Å². The second-order valence-electron chi connectivity index (χ2n) is 9.45. The molecule has 2 aromatic heterocycles. The van der Waals surface area contributed by atoms with E-state index >= 15 is 0 Å². The summed E-state index contributed by atoms with van der Waals surface area (Å²) in [6.07, 6.45) is 1.48. The largest absolute Gasteiger partial charge is 0.493 e. The van der Waals surface area contributed by atoms with Crippen molar-refractivity contribution in [3.8, 4) is 17.5 Å². The van der Waals surface area contributed by atoms with E-state index < -0.39 is 34.9 Å². The summed E-state index contributed by atoms with van der Waals surface area (Å²) < 4.78 is 19.9. The molecular formula is C28H23Cl2N5O8S. The Labute approximate surface area is 263 Å². The van der Waals surface area contributed by atoms with Crippen molar-refractivity contribution in [1.29, 1.82) is 0 Å². The average Bonchev–Trinajstić information content (AvgIpc) is 3.48. The fraction of sp³-hybridized carbons (Fsp3) is 0.214. The predicted octanol–water partition coefficient (Wildman–Crippen LogP) is 3.80. The van der Waals surface area contributed by atoms with E-state index in [9.17, 15) is 24.0 Å². The van der Waals surface area contributed by atoms with Crippen molar-refractivity contribution in [2.75, 3.05) is 20.8 Å². The van der Waals surface area contributed by atoms with Crippen LogP contribution >= 0.6 is 35.0 Å². The highest BCUT2D eigenvalue weighted by molar-refractivity contribution is 8.18. The number of halogens is 2. The van der Waals surface area contributed by atoms with Crippen molar-refractivity contribution in [3.63, 3.8) is 0 Å². The van der Waals surface area contributed by atoms with Crippen LogP contribution in [0.15, 0.2) is 50.9 Å². The van der Waals surface area contributed by atoms with Crippen LogP contribution in [0.1, 0.15) is 11.1 Å². The Balaban J connectivity index is 1.55. The van der Waals surface area contributed by atoms with E-state index in [0.717, 1.165) is 16.6 Å². The Kier molecular flexibility index (Phi) is 8.59. The van der Waals surface area contributed by atoms with E-state index in [1.165, 1.54) is 36.4 Å². The first kappa shape index (κ1) is 30.9. The zero-order valence-electron chi connectivity index (χ0n) is 23.6. The molecule has 44 heavy (non-hydrogen) atoms. The first-order valence-electron chi connectivity index (χ1n) is 12.7. The van der Waals surface area contributed by atoms with Crippen LogP contribution < -0.4 is 20.7 Å². The van der Waals surface area contributed by atoms with Gasteiger partial charge in [-0.05, 0) is 53.2 Å². The Morgan fingerprint density at radius 2 is 1.75 bits per heavy atom. The minimum atomic E-state index is -0.723. The van der Waals surface area contributed by atoms with Gasteiger partial charge in [-0.15, -0.1) is 0 Å². The number of thioether (sulfide) groups is 1. The van der Waals surface area contributed by atoms with Gasteiger partial charge < -0.3 is 14.2 Å². The molecule has 3 heterocycles. The van der Waals surface area contributed by atoms with Crippen LogP contribution in [0.5, 0.6) is 17.5 Å². The average molecular weight is 660 g/mol. The molecule has 0 spiro atoms. The molecule has 16 heteroatoms. The molecule has 2 aromatic carbocycles. The standard InChI is InChI=1S/C28H23Cl2N5O8S/c1-32-23-22(25(38)33(2)27(32)39)34(12-15-6-7-16(29)11-17(15)30)26(31-23)43-18-8-5-14(9-19(18)41-3)10-20-24(37)35(28(40)44-20)13-21(36)42-4/h5-11H,12-13H2,1-4H3. The fourth-order valence-electron chi connectivity index (χ4n) is 4.41. The van der Waals surface area contributed by atoms with Crippen LogP contribution in [0.3, 0.4) is 0 Å². The molecule has 1 aliphatic rings. The van der Waals surface area contributed by atoms with Gasteiger partial charge >= 0.3 is 17.7 Å². The zero-order chi connectivity index (χ0) is 31.9. The van der Waals surface area contributed by atoms with E-state index in [1.807, 2.05) is 0 Å². The number of carbonyl (C=O) groups excluding carboxylic acids is 3. The van der Waals surface area contributed by atoms with Crippen molar-refractivity contribution in [2.24, 2.45) is 14.1 Å². The van der Waals surface area contributed by atoms with Crippen molar-refractivity contribution >= 4 is 69.3 Å². The number of ether oxygens (including phenoxy) is 3. The van der Waals surface area contributed by atoms with Crippen LogP contribution in [-0.2, 0) is 35.0 Å². The minimum absolute atomic E-state index is 0.0284. The molecule has 0 aliphatic carbocycles. The number of imidazole rings is 1. The van der Waals surface area contributed by atoms with E-state index in [1.54, 1.807) is 36.4 Å². The van der Waals surface area contributed by atoms with Crippen molar-refractivity contribution in [2.45, 2.75) is 6.54 Å². The number of nitrogens with zero attached hydrogens (tertiary/aromatic N) is 5. The van der Waals surface area contributed by atoms with Gasteiger partial charge in [0.1, 0.15) is 6.54 Å². The number of esters is 1. The molecule has 0 N–H and O–H groups in total. The van der Waals surface area contributed by atoms with Crippen LogP contribution in [0.2, 0.25) is 10.0 Å². The van der Waals surface area contributed by atoms with Gasteiger partial charge in [0.05, 0.1) is 25.7 Å². The third-order valence-electron chi connectivity index (χ3n) is 6.73. The van der Waals surface area contributed by atoms with E-state index in [2.05, 4.69) is 9.72 Å². The summed E-state index contributed by atoms with van der Waals surface area (Å²) in [4.78, 5) is 67.9. The smallest absolute Gasteiger partial charge is 0.332 e. The number of amides is 2. The summed E-state index contributed by atoms with van der Waals surface area (Å²) in [5.41, 5.74) is 0.153. The quantitative estimate of drug-likeness (QED) is 0.202. The number of carbonyl (C=O) groups is 3. The Morgan fingerprint density at radius 1 is 1.00 bits per heavy atom. The van der Waals surface area contributed by atoms with Crippen LogP contribution in [0.25, 0.3) is 17.2 Å². The highest BCUT2D eigenvalue weighted by Crippen LogP contribution is 2.37. The summed E-state index contributed by atoms with van der Waals surface area (Å²) in [5, 5.41) is 0.186. The number of imide groups is 1. The number of methoxy groups -OCH3 is 2. The second kappa shape index (κ2) is 12.2. The van der Waals surface area contributed by atoms with Gasteiger partial charge in [-0.2, -0.15) is 4.98 Å². The Hall–Kier alpha value is -4.53. The van der Waals surface area contributed by atoms with Crippen LogP contribution in [-0.4, -0.2) is 61.5 Å². The maximum Gasteiger partial charge on any atom is 0.332 e. The molecule has 0 saturated carbocycles. The maximum atomic E-state index is 13.3. The number of hydrogen-bond donors (Lipinski definition) is 0. The van der Waals surface area contributed by atoms with Crippen molar-refractivity contribution in [1.82, 2.24) is 23.6 Å². The van der Waals surface area contributed by atoms with Gasteiger partial charge in [-0.3, -0.25) is 37.8 Å². The summed E-state index contributed by atoms with van der Waals surface area (Å²) in [6, 6.07) is 9.64. The maximum absolute atomic E-state index is 13.3. The van der Waals surface area contributed by atoms with Gasteiger partial charge in [0.25, 0.3) is 16.7 Å².